The van der Waals surface area contributed by atoms with E-state index >= 15 is 0 Å². The zero-order chi connectivity index (χ0) is 17.5. The molecule has 0 unspecified atom stereocenters. The normalized spacial score (nSPS) is 9.71. The van der Waals surface area contributed by atoms with Crippen LogP contribution in [0.1, 0.15) is 20.7 Å². The first-order chi connectivity index (χ1) is 11.6. The summed E-state index contributed by atoms with van der Waals surface area (Å²) in [6, 6.07) is 10.3. The van der Waals surface area contributed by atoms with Crippen LogP contribution in [0, 0.1) is 18.2 Å². The van der Waals surface area contributed by atoms with Crippen molar-refractivity contribution < 1.29 is 18.7 Å². The first kappa shape index (κ1) is 17.0. The lowest BCUT2D eigenvalue weighted by atomic mass is 10.1. The van der Waals surface area contributed by atoms with Gasteiger partial charge in [-0.1, -0.05) is 18.1 Å². The quantitative estimate of drug-likeness (QED) is 0.830. The Kier molecular flexibility index (Phi) is 5.53. The van der Waals surface area contributed by atoms with Gasteiger partial charge >= 0.3 is 0 Å². The Morgan fingerprint density at radius 1 is 1.17 bits per heavy atom. The van der Waals surface area contributed by atoms with E-state index in [1.165, 1.54) is 25.3 Å². The summed E-state index contributed by atoms with van der Waals surface area (Å²) in [5.41, 5.74) is 0.330. The maximum Gasteiger partial charge on any atom is 0.258 e. The van der Waals surface area contributed by atoms with E-state index in [1.54, 1.807) is 18.2 Å². The zero-order valence-corrected chi connectivity index (χ0v) is 12.9. The molecule has 0 radical (unpaired) electrons. The van der Waals surface area contributed by atoms with Crippen LogP contribution < -0.4 is 15.4 Å². The van der Waals surface area contributed by atoms with E-state index in [0.717, 1.165) is 6.07 Å². The average molecular weight is 326 g/mol. The Bertz CT molecular complexity index is 812. The predicted octanol–water partition coefficient (Wildman–Crippen LogP) is 2.45. The van der Waals surface area contributed by atoms with Gasteiger partial charge in [0.25, 0.3) is 11.8 Å². The number of methoxy groups -OCH3 is 1. The topological polar surface area (TPSA) is 67.4 Å². The summed E-state index contributed by atoms with van der Waals surface area (Å²) in [7, 11) is 1.40. The Morgan fingerprint density at radius 3 is 2.58 bits per heavy atom. The van der Waals surface area contributed by atoms with Crippen molar-refractivity contribution in [3.8, 4) is 18.1 Å². The van der Waals surface area contributed by atoms with Gasteiger partial charge in [-0.05, 0) is 24.3 Å². The van der Waals surface area contributed by atoms with Crippen molar-refractivity contribution in [3.05, 3.63) is 59.4 Å². The summed E-state index contributed by atoms with van der Waals surface area (Å²) in [5, 5.41) is 5.04. The summed E-state index contributed by atoms with van der Waals surface area (Å²) in [6.45, 7) is 0.0637. The summed E-state index contributed by atoms with van der Waals surface area (Å²) in [4.78, 5) is 24.3. The minimum atomic E-state index is -0.721. The largest absolute Gasteiger partial charge is 0.497 e. The fourth-order valence-corrected chi connectivity index (χ4v) is 2.01. The van der Waals surface area contributed by atoms with Crippen molar-refractivity contribution in [2.45, 2.75) is 0 Å². The average Bonchev–Trinajstić information content (AvgIpc) is 2.59. The Morgan fingerprint density at radius 2 is 1.92 bits per heavy atom. The molecule has 0 bridgehead atoms. The van der Waals surface area contributed by atoms with Gasteiger partial charge in [0.1, 0.15) is 11.6 Å². The van der Waals surface area contributed by atoms with Crippen LogP contribution in [-0.4, -0.2) is 25.5 Å². The van der Waals surface area contributed by atoms with Crippen LogP contribution in [0.2, 0.25) is 0 Å². The molecule has 122 valence electrons. The Balaban J connectivity index is 2.24. The third-order valence-corrected chi connectivity index (χ3v) is 3.19. The number of halogens is 1. The number of para-hydroxylation sites is 1. The highest BCUT2D eigenvalue weighted by atomic mass is 19.1. The number of hydrogen-bond acceptors (Lipinski definition) is 3. The van der Waals surface area contributed by atoms with E-state index in [2.05, 4.69) is 16.6 Å². The first-order valence-corrected chi connectivity index (χ1v) is 7.02. The molecule has 0 aliphatic rings. The minimum Gasteiger partial charge on any atom is -0.497 e. The highest BCUT2D eigenvalue weighted by Gasteiger charge is 2.16. The molecule has 0 atom stereocenters. The fraction of sp³-hybridized carbons (Fsp3) is 0.111. The fourth-order valence-electron chi connectivity index (χ4n) is 2.01. The maximum atomic E-state index is 14.0. The lowest BCUT2D eigenvalue weighted by molar-refractivity contribution is 0.0959. The molecule has 0 saturated carbocycles. The second kappa shape index (κ2) is 7.79. The van der Waals surface area contributed by atoms with E-state index in [0.29, 0.717) is 5.75 Å². The number of carbonyl (C=O) groups excluding carboxylic acids is 2. The molecule has 0 saturated heterocycles. The highest BCUT2D eigenvalue weighted by molar-refractivity contribution is 6.09. The monoisotopic (exact) mass is 326 g/mol. The summed E-state index contributed by atoms with van der Waals surface area (Å²) < 4.78 is 18.9. The Labute approximate surface area is 138 Å². The molecule has 6 heteroatoms. The van der Waals surface area contributed by atoms with Crippen molar-refractivity contribution in [3.63, 3.8) is 0 Å². The smallest absolute Gasteiger partial charge is 0.258 e. The van der Waals surface area contributed by atoms with Gasteiger partial charge in [0.2, 0.25) is 0 Å². The van der Waals surface area contributed by atoms with E-state index < -0.39 is 17.6 Å². The molecule has 0 spiro atoms. The van der Waals surface area contributed by atoms with Crippen LogP contribution in [0.25, 0.3) is 0 Å². The van der Waals surface area contributed by atoms with Gasteiger partial charge in [-0.25, -0.2) is 4.39 Å². The summed E-state index contributed by atoms with van der Waals surface area (Å²) in [5.74, 6) is 0.769. The number of benzene rings is 2. The molecular formula is C18H15FN2O3. The third-order valence-electron chi connectivity index (χ3n) is 3.19. The van der Waals surface area contributed by atoms with Gasteiger partial charge in [0.15, 0.2) is 0 Å². The van der Waals surface area contributed by atoms with Crippen LogP contribution in [0.5, 0.6) is 5.75 Å². The highest BCUT2D eigenvalue weighted by Crippen LogP contribution is 2.20. The number of ether oxygens (including phenoxy) is 1. The Hall–Kier alpha value is -3.33. The van der Waals surface area contributed by atoms with Gasteiger partial charge in [-0.15, -0.1) is 6.42 Å². The zero-order valence-electron chi connectivity index (χ0n) is 12.9. The molecule has 2 N–H and O–H groups in total. The summed E-state index contributed by atoms with van der Waals surface area (Å²) >= 11 is 0. The number of hydrogen-bond donors (Lipinski definition) is 2. The molecule has 2 rings (SSSR count). The molecule has 2 aromatic rings. The second-order valence-electron chi connectivity index (χ2n) is 4.73. The number of rotatable bonds is 5. The number of nitrogens with one attached hydrogen (secondary N) is 2. The lowest BCUT2D eigenvalue weighted by Crippen LogP contribution is -2.25. The third kappa shape index (κ3) is 3.90. The van der Waals surface area contributed by atoms with E-state index in [-0.39, 0.29) is 23.4 Å². The van der Waals surface area contributed by atoms with E-state index in [1.807, 2.05) is 0 Å². The van der Waals surface area contributed by atoms with E-state index in [9.17, 15) is 14.0 Å². The minimum absolute atomic E-state index is 0.0637. The first-order valence-electron chi connectivity index (χ1n) is 7.02. The van der Waals surface area contributed by atoms with Crippen molar-refractivity contribution in [2.24, 2.45) is 0 Å². The van der Waals surface area contributed by atoms with Crippen LogP contribution in [0.3, 0.4) is 0 Å². The number of anilines is 1. The molecule has 0 fully saturated rings. The van der Waals surface area contributed by atoms with Gasteiger partial charge in [0.05, 0.1) is 30.5 Å². The molecule has 2 amide bonds. The van der Waals surface area contributed by atoms with Crippen LogP contribution >= 0.6 is 0 Å². The van der Waals surface area contributed by atoms with Gasteiger partial charge in [-0.2, -0.15) is 0 Å². The maximum absolute atomic E-state index is 14.0. The molecule has 2 aromatic carbocycles. The number of carbonyl (C=O) groups is 2. The van der Waals surface area contributed by atoms with Crippen molar-refractivity contribution in [1.29, 1.82) is 0 Å². The van der Waals surface area contributed by atoms with Gasteiger partial charge < -0.3 is 15.4 Å². The van der Waals surface area contributed by atoms with Crippen molar-refractivity contribution in [1.82, 2.24) is 5.32 Å². The molecule has 0 heterocycles. The van der Waals surface area contributed by atoms with Gasteiger partial charge in [-0.3, -0.25) is 9.59 Å². The standard InChI is InChI=1S/C18H15FN2O3/c1-3-10-20-17(22)14-6-4-5-7-16(14)21-18(23)13-9-8-12(24-2)11-15(13)19/h1,4-9,11H,10H2,2H3,(H,20,22)(H,21,23). The van der Waals surface area contributed by atoms with Crippen LogP contribution in [-0.2, 0) is 0 Å². The van der Waals surface area contributed by atoms with Crippen LogP contribution in [0.4, 0.5) is 10.1 Å². The lowest BCUT2D eigenvalue weighted by Gasteiger charge is -2.11. The van der Waals surface area contributed by atoms with Crippen molar-refractivity contribution >= 4 is 17.5 Å². The molecule has 0 aromatic heterocycles. The second-order valence-corrected chi connectivity index (χ2v) is 4.73. The van der Waals surface area contributed by atoms with Crippen LogP contribution in [0.15, 0.2) is 42.5 Å². The summed E-state index contributed by atoms with van der Waals surface area (Å²) in [6.07, 6.45) is 5.10. The number of terminal acetylenes is 1. The molecular weight excluding hydrogens is 311 g/mol. The molecule has 0 aliphatic carbocycles. The molecule has 0 aliphatic heterocycles. The molecule has 24 heavy (non-hydrogen) atoms. The SMILES string of the molecule is C#CCNC(=O)c1ccccc1NC(=O)c1ccc(OC)cc1F. The predicted molar refractivity (Wildman–Crippen MR) is 88.5 cm³/mol. The van der Waals surface area contributed by atoms with Crippen molar-refractivity contribution in [2.75, 3.05) is 19.0 Å². The molecule has 5 nitrogen and oxygen atoms in total. The van der Waals surface area contributed by atoms with Gasteiger partial charge in [0, 0.05) is 6.07 Å². The number of amides is 2. The van der Waals surface area contributed by atoms with E-state index in [4.69, 9.17) is 11.2 Å².